The maximum Gasteiger partial charge on any atom is 0.269 e. The van der Waals surface area contributed by atoms with Gasteiger partial charge in [-0.2, -0.15) is 5.10 Å². The van der Waals surface area contributed by atoms with Gasteiger partial charge in [0.1, 0.15) is 6.61 Å². The van der Waals surface area contributed by atoms with Crippen molar-refractivity contribution in [2.24, 2.45) is 22.4 Å². The first-order valence-electron chi connectivity index (χ1n) is 10.8. The second-order valence-electron chi connectivity index (χ2n) is 8.69. The van der Waals surface area contributed by atoms with Crippen molar-refractivity contribution in [3.05, 3.63) is 63.7 Å². The summed E-state index contributed by atoms with van der Waals surface area (Å²) in [5.74, 6) is 1.65. The molecule has 2 saturated carbocycles. The van der Waals surface area contributed by atoms with Crippen LogP contribution < -0.4 is 14.9 Å². The van der Waals surface area contributed by atoms with Gasteiger partial charge in [0.2, 0.25) is 5.91 Å². The molecule has 8 heteroatoms. The Labute approximate surface area is 186 Å². The fraction of sp³-hybridized carbons (Fsp3) is 0.417. The Balaban J connectivity index is 1.33. The van der Waals surface area contributed by atoms with Crippen LogP contribution in [0.3, 0.4) is 0 Å². The van der Waals surface area contributed by atoms with Crippen molar-refractivity contribution in [3.63, 3.8) is 0 Å². The fourth-order valence-corrected chi connectivity index (χ4v) is 4.85. The number of hydrazone groups is 1. The topological polar surface area (TPSA) is 103 Å². The van der Waals surface area contributed by atoms with Gasteiger partial charge in [-0.05, 0) is 65.6 Å². The van der Waals surface area contributed by atoms with Crippen LogP contribution in [-0.4, -0.2) is 24.2 Å². The lowest BCUT2D eigenvalue weighted by Gasteiger charge is -2.15. The number of carbonyl (C=O) groups excluding carboxylic acids is 1. The van der Waals surface area contributed by atoms with Gasteiger partial charge >= 0.3 is 0 Å². The van der Waals surface area contributed by atoms with E-state index in [1.165, 1.54) is 25.0 Å². The maximum absolute atomic E-state index is 12.5. The van der Waals surface area contributed by atoms with Gasteiger partial charge in [-0.1, -0.05) is 19.8 Å². The third-order valence-electron chi connectivity index (χ3n) is 6.73. The second kappa shape index (κ2) is 8.98. The van der Waals surface area contributed by atoms with Gasteiger partial charge in [0, 0.05) is 18.1 Å². The zero-order valence-electron chi connectivity index (χ0n) is 18.2. The Morgan fingerprint density at radius 3 is 2.69 bits per heavy atom. The zero-order chi connectivity index (χ0) is 22.7. The molecule has 2 aromatic rings. The first-order valence-corrected chi connectivity index (χ1v) is 10.8. The Hall–Kier alpha value is -3.42. The summed E-state index contributed by atoms with van der Waals surface area (Å²) < 4.78 is 11.2. The normalized spacial score (nSPS) is 23.9. The number of benzene rings is 2. The molecule has 0 bridgehead atoms. The molecule has 0 heterocycles. The van der Waals surface area contributed by atoms with Crippen molar-refractivity contribution in [1.82, 2.24) is 5.43 Å². The Bertz CT molecular complexity index is 1040. The number of amides is 1. The van der Waals surface area contributed by atoms with Crippen LogP contribution in [0.4, 0.5) is 5.69 Å². The van der Waals surface area contributed by atoms with E-state index < -0.39 is 4.92 Å². The molecule has 0 aliphatic heterocycles. The monoisotopic (exact) mass is 437 g/mol. The zero-order valence-corrected chi connectivity index (χ0v) is 18.2. The smallest absolute Gasteiger partial charge is 0.269 e. The summed E-state index contributed by atoms with van der Waals surface area (Å²) in [7, 11) is 1.55. The van der Waals surface area contributed by atoms with Crippen LogP contribution >= 0.6 is 0 Å². The number of nitro benzene ring substituents is 1. The second-order valence-corrected chi connectivity index (χ2v) is 8.69. The van der Waals surface area contributed by atoms with Crippen LogP contribution in [0.5, 0.6) is 11.5 Å². The highest BCUT2D eigenvalue weighted by atomic mass is 16.6. The Morgan fingerprint density at radius 1 is 1.25 bits per heavy atom. The van der Waals surface area contributed by atoms with Crippen LogP contribution in [0.15, 0.2) is 47.6 Å². The molecule has 1 amide bonds. The largest absolute Gasteiger partial charge is 0.493 e. The van der Waals surface area contributed by atoms with Gasteiger partial charge in [-0.25, -0.2) is 5.43 Å². The van der Waals surface area contributed by atoms with Crippen molar-refractivity contribution in [2.45, 2.75) is 39.2 Å². The standard InChI is InChI=1S/C24H27N3O5/c1-24-12-4-3-5-19(24)22(24)23(28)26-25-14-17-8-11-20(21(13-17)31-2)32-15-16-6-9-18(10-7-16)27(29)30/h6-11,13-14,19,22H,3-5,12,15H2,1-2H3,(H,26,28)/b25-14+/t19-,22+,24-/m0/s1. The van der Waals surface area contributed by atoms with Crippen molar-refractivity contribution in [2.75, 3.05) is 7.11 Å². The lowest BCUT2D eigenvalue weighted by molar-refractivity contribution is -0.384. The van der Waals surface area contributed by atoms with Crippen LogP contribution in [0, 0.1) is 27.4 Å². The summed E-state index contributed by atoms with van der Waals surface area (Å²) in [4.78, 5) is 22.8. The lowest BCUT2D eigenvalue weighted by Crippen LogP contribution is -2.22. The van der Waals surface area contributed by atoms with Crippen LogP contribution in [0.25, 0.3) is 0 Å². The predicted molar refractivity (Wildman–Crippen MR) is 120 cm³/mol. The molecule has 168 valence electrons. The van der Waals surface area contributed by atoms with Crippen molar-refractivity contribution >= 4 is 17.8 Å². The number of rotatable bonds is 8. The van der Waals surface area contributed by atoms with Gasteiger partial charge < -0.3 is 9.47 Å². The van der Waals surface area contributed by atoms with E-state index in [0.29, 0.717) is 17.4 Å². The summed E-state index contributed by atoms with van der Waals surface area (Å²) in [6.07, 6.45) is 6.27. The summed E-state index contributed by atoms with van der Waals surface area (Å²) in [5, 5.41) is 14.9. The third-order valence-corrected chi connectivity index (χ3v) is 6.73. The molecule has 2 fully saturated rings. The summed E-state index contributed by atoms with van der Waals surface area (Å²) in [5.41, 5.74) is 4.47. The first kappa shape index (κ1) is 21.8. The van der Waals surface area contributed by atoms with E-state index in [9.17, 15) is 14.9 Å². The average molecular weight is 437 g/mol. The summed E-state index contributed by atoms with van der Waals surface area (Å²) in [6.45, 7) is 2.46. The van der Waals surface area contributed by atoms with Crippen molar-refractivity contribution < 1.29 is 19.2 Å². The van der Waals surface area contributed by atoms with Crippen LogP contribution in [0.1, 0.15) is 43.7 Å². The Kier molecular flexibility index (Phi) is 6.12. The molecule has 3 atom stereocenters. The lowest BCUT2D eigenvalue weighted by atomic mass is 9.90. The molecule has 8 nitrogen and oxygen atoms in total. The number of fused-ring (bicyclic) bond motifs is 1. The molecule has 4 rings (SSSR count). The molecule has 0 radical (unpaired) electrons. The number of nitrogens with zero attached hydrogens (tertiary/aromatic N) is 2. The molecule has 0 saturated heterocycles. The highest BCUT2D eigenvalue weighted by Crippen LogP contribution is 2.66. The van der Waals surface area contributed by atoms with Crippen molar-refractivity contribution in [3.8, 4) is 11.5 Å². The van der Waals surface area contributed by atoms with E-state index in [1.807, 2.05) is 6.07 Å². The van der Waals surface area contributed by atoms with E-state index in [0.717, 1.165) is 24.0 Å². The summed E-state index contributed by atoms with van der Waals surface area (Å²) >= 11 is 0. The molecule has 32 heavy (non-hydrogen) atoms. The minimum absolute atomic E-state index is 0.00525. The van der Waals surface area contributed by atoms with E-state index in [4.69, 9.17) is 9.47 Å². The van der Waals surface area contributed by atoms with E-state index in [-0.39, 0.29) is 29.5 Å². The predicted octanol–water partition coefficient (Wildman–Crippen LogP) is 4.46. The molecule has 2 aliphatic carbocycles. The maximum atomic E-state index is 12.5. The van der Waals surface area contributed by atoms with Crippen LogP contribution in [-0.2, 0) is 11.4 Å². The molecule has 0 unspecified atom stereocenters. The SMILES string of the molecule is COc1cc(/C=N/NC(=O)[C@H]2[C@@H]3CCCC[C@@]32C)ccc1OCc1ccc([N+](=O)[O-])cc1. The molecular formula is C24H27N3O5. The highest BCUT2D eigenvalue weighted by Gasteiger charge is 2.64. The van der Waals surface area contributed by atoms with Gasteiger partial charge in [0.25, 0.3) is 5.69 Å². The quantitative estimate of drug-likeness (QED) is 0.373. The molecule has 2 aliphatic rings. The molecule has 1 N–H and O–H groups in total. The number of hydrogen-bond donors (Lipinski definition) is 1. The number of non-ortho nitro benzene ring substituents is 1. The van der Waals surface area contributed by atoms with Gasteiger partial charge in [-0.3, -0.25) is 14.9 Å². The molecule has 0 aromatic heterocycles. The molecular weight excluding hydrogens is 410 g/mol. The fourth-order valence-electron chi connectivity index (χ4n) is 4.85. The third kappa shape index (κ3) is 4.44. The average Bonchev–Trinajstić information content (AvgIpc) is 3.43. The van der Waals surface area contributed by atoms with Crippen LogP contribution in [0.2, 0.25) is 0 Å². The number of hydrogen-bond acceptors (Lipinski definition) is 6. The van der Waals surface area contributed by atoms with E-state index >= 15 is 0 Å². The van der Waals surface area contributed by atoms with Crippen molar-refractivity contribution in [1.29, 1.82) is 0 Å². The van der Waals surface area contributed by atoms with Gasteiger partial charge in [0.05, 0.1) is 18.2 Å². The molecule has 2 aromatic carbocycles. The number of nitro groups is 1. The number of methoxy groups -OCH3 is 1. The Morgan fingerprint density at radius 2 is 2.03 bits per heavy atom. The van der Waals surface area contributed by atoms with E-state index in [1.54, 1.807) is 37.6 Å². The molecule has 0 spiro atoms. The first-order chi connectivity index (χ1) is 15.4. The highest BCUT2D eigenvalue weighted by molar-refractivity contribution is 5.86. The number of ether oxygens (including phenoxy) is 2. The van der Waals surface area contributed by atoms with Gasteiger partial charge in [-0.15, -0.1) is 0 Å². The minimum Gasteiger partial charge on any atom is -0.493 e. The number of nitrogens with one attached hydrogen (secondary N) is 1. The summed E-state index contributed by atoms with van der Waals surface area (Å²) in [6, 6.07) is 11.6. The van der Waals surface area contributed by atoms with Gasteiger partial charge in [0.15, 0.2) is 11.5 Å². The number of carbonyl (C=O) groups is 1. The minimum atomic E-state index is -0.436. The van der Waals surface area contributed by atoms with E-state index in [2.05, 4.69) is 17.5 Å².